The van der Waals surface area contributed by atoms with E-state index < -0.39 is 0 Å². The second kappa shape index (κ2) is 11.3. The first-order chi connectivity index (χ1) is 15.1. The van der Waals surface area contributed by atoms with Gasteiger partial charge in [0.2, 0.25) is 5.91 Å². The predicted octanol–water partition coefficient (Wildman–Crippen LogP) is 2.64. The second-order valence-corrected chi connectivity index (χ2v) is 8.04. The number of piperidine rings is 1. The Morgan fingerprint density at radius 2 is 1.94 bits per heavy atom. The quantitative estimate of drug-likeness (QED) is 0.449. The van der Waals surface area contributed by atoms with Gasteiger partial charge in [0.15, 0.2) is 5.96 Å². The first-order valence-corrected chi connectivity index (χ1v) is 11.1. The van der Waals surface area contributed by atoms with Gasteiger partial charge in [-0.25, -0.2) is 9.98 Å². The van der Waals surface area contributed by atoms with E-state index in [0.717, 1.165) is 56.4 Å². The van der Waals surface area contributed by atoms with Crippen LogP contribution >= 0.6 is 0 Å². The van der Waals surface area contributed by atoms with E-state index in [1.54, 1.807) is 0 Å². The molecular formula is C24H34N6O. The van der Waals surface area contributed by atoms with E-state index >= 15 is 0 Å². The van der Waals surface area contributed by atoms with Crippen molar-refractivity contribution in [1.29, 1.82) is 0 Å². The molecule has 7 nitrogen and oxygen atoms in total. The van der Waals surface area contributed by atoms with Gasteiger partial charge in [-0.2, -0.15) is 0 Å². The van der Waals surface area contributed by atoms with Gasteiger partial charge in [-0.3, -0.25) is 4.79 Å². The highest BCUT2D eigenvalue weighted by molar-refractivity contribution is 5.80. The lowest BCUT2D eigenvalue weighted by Gasteiger charge is -2.32. The number of aliphatic imine (C=N–C) groups is 1. The van der Waals surface area contributed by atoms with Crippen LogP contribution in [0.4, 0.5) is 5.82 Å². The van der Waals surface area contributed by atoms with Crippen LogP contribution in [0.3, 0.4) is 0 Å². The van der Waals surface area contributed by atoms with Crippen molar-refractivity contribution in [3.8, 4) is 0 Å². The molecule has 1 fully saturated rings. The molecule has 166 valence electrons. The maximum Gasteiger partial charge on any atom is 0.220 e. The molecule has 2 aromatic rings. The van der Waals surface area contributed by atoms with Crippen molar-refractivity contribution < 1.29 is 4.79 Å². The van der Waals surface area contributed by atoms with Crippen LogP contribution < -0.4 is 21.3 Å². The lowest BCUT2D eigenvalue weighted by molar-refractivity contribution is -0.122. The van der Waals surface area contributed by atoms with E-state index in [1.165, 1.54) is 5.56 Å². The molecule has 4 N–H and O–H groups in total. The fourth-order valence-electron chi connectivity index (χ4n) is 3.87. The van der Waals surface area contributed by atoms with E-state index in [9.17, 15) is 4.79 Å². The zero-order valence-electron chi connectivity index (χ0n) is 18.6. The van der Waals surface area contributed by atoms with Crippen LogP contribution in [0.2, 0.25) is 0 Å². The molecule has 0 saturated carbocycles. The van der Waals surface area contributed by atoms with Crippen molar-refractivity contribution in [2.75, 3.05) is 31.1 Å². The van der Waals surface area contributed by atoms with Crippen molar-refractivity contribution in [3.63, 3.8) is 0 Å². The molecule has 1 aromatic heterocycles. The Hall–Kier alpha value is -3.09. The van der Waals surface area contributed by atoms with Gasteiger partial charge in [0.1, 0.15) is 5.82 Å². The summed E-state index contributed by atoms with van der Waals surface area (Å²) >= 11 is 0. The SMILES string of the molecule is CCNC(=NCc1cccnc1N1CCC(C(N)=O)CC1)NCC(C)c1ccccc1. The summed E-state index contributed by atoms with van der Waals surface area (Å²) in [6.07, 6.45) is 3.36. The van der Waals surface area contributed by atoms with E-state index in [-0.39, 0.29) is 11.8 Å². The highest BCUT2D eigenvalue weighted by Crippen LogP contribution is 2.25. The maximum atomic E-state index is 11.5. The van der Waals surface area contributed by atoms with Crippen molar-refractivity contribution >= 4 is 17.7 Å². The molecule has 2 heterocycles. The molecular weight excluding hydrogens is 388 g/mol. The van der Waals surface area contributed by atoms with Gasteiger partial charge in [-0.1, -0.05) is 43.3 Å². The molecule has 31 heavy (non-hydrogen) atoms. The number of nitrogens with two attached hydrogens (primary N) is 1. The van der Waals surface area contributed by atoms with Gasteiger partial charge in [0, 0.05) is 43.9 Å². The topological polar surface area (TPSA) is 95.6 Å². The number of hydrogen-bond acceptors (Lipinski definition) is 4. The number of amides is 1. The van der Waals surface area contributed by atoms with E-state index in [0.29, 0.717) is 12.5 Å². The number of hydrogen-bond donors (Lipinski definition) is 3. The fourth-order valence-corrected chi connectivity index (χ4v) is 3.87. The number of nitrogens with zero attached hydrogens (tertiary/aromatic N) is 3. The summed E-state index contributed by atoms with van der Waals surface area (Å²) in [5, 5.41) is 6.79. The van der Waals surface area contributed by atoms with Crippen LogP contribution in [-0.4, -0.2) is 43.0 Å². The van der Waals surface area contributed by atoms with Crippen LogP contribution in [0.25, 0.3) is 0 Å². The minimum Gasteiger partial charge on any atom is -0.369 e. The van der Waals surface area contributed by atoms with Gasteiger partial charge < -0.3 is 21.3 Å². The third-order valence-corrected chi connectivity index (χ3v) is 5.76. The lowest BCUT2D eigenvalue weighted by Crippen LogP contribution is -2.40. The first kappa shape index (κ1) is 22.6. The van der Waals surface area contributed by atoms with Gasteiger partial charge in [-0.05, 0) is 37.3 Å². The molecule has 0 spiro atoms. The monoisotopic (exact) mass is 422 g/mol. The van der Waals surface area contributed by atoms with E-state index in [4.69, 9.17) is 10.7 Å². The Labute approximate surface area is 185 Å². The molecule has 0 radical (unpaired) electrons. The Morgan fingerprint density at radius 3 is 2.61 bits per heavy atom. The van der Waals surface area contributed by atoms with Crippen molar-refractivity contribution in [2.45, 2.75) is 39.2 Å². The number of pyridine rings is 1. The molecule has 1 atom stereocenters. The molecule has 1 unspecified atom stereocenters. The van der Waals surface area contributed by atoms with Crippen molar-refractivity contribution in [2.24, 2.45) is 16.6 Å². The maximum absolute atomic E-state index is 11.5. The zero-order valence-corrected chi connectivity index (χ0v) is 18.6. The number of anilines is 1. The first-order valence-electron chi connectivity index (χ1n) is 11.1. The highest BCUT2D eigenvalue weighted by atomic mass is 16.1. The number of carbonyl (C=O) groups is 1. The molecule has 0 aliphatic carbocycles. The summed E-state index contributed by atoms with van der Waals surface area (Å²) in [6, 6.07) is 14.5. The Kier molecular flexibility index (Phi) is 8.27. The lowest BCUT2D eigenvalue weighted by atomic mass is 9.96. The summed E-state index contributed by atoms with van der Waals surface area (Å²) in [5.41, 5.74) is 7.86. The van der Waals surface area contributed by atoms with Crippen LogP contribution in [0.1, 0.15) is 43.7 Å². The zero-order chi connectivity index (χ0) is 22.1. The number of nitrogens with one attached hydrogen (secondary N) is 2. The van der Waals surface area contributed by atoms with Crippen LogP contribution in [0.5, 0.6) is 0 Å². The standard InChI is InChI=1S/C24H34N6O/c1-3-26-24(28-16-18(2)19-8-5-4-6-9-19)29-17-21-10-7-13-27-23(21)30-14-11-20(12-15-30)22(25)31/h4-10,13,18,20H,3,11-12,14-17H2,1-2H3,(H2,25,31)(H2,26,28,29). The molecule has 1 aliphatic rings. The molecule has 1 aromatic carbocycles. The van der Waals surface area contributed by atoms with E-state index in [1.807, 2.05) is 18.3 Å². The summed E-state index contributed by atoms with van der Waals surface area (Å²) in [4.78, 5) is 23.1. The third-order valence-electron chi connectivity index (χ3n) is 5.76. The summed E-state index contributed by atoms with van der Waals surface area (Å²) in [5.74, 6) is 1.90. The fraction of sp³-hybridized carbons (Fsp3) is 0.458. The number of aromatic nitrogens is 1. The third kappa shape index (κ3) is 6.44. The number of carbonyl (C=O) groups excluding carboxylic acids is 1. The van der Waals surface area contributed by atoms with E-state index in [2.05, 4.69) is 64.7 Å². The number of rotatable bonds is 8. The number of guanidine groups is 1. The summed E-state index contributed by atoms with van der Waals surface area (Å²) < 4.78 is 0. The van der Waals surface area contributed by atoms with Crippen molar-refractivity contribution in [3.05, 3.63) is 59.8 Å². The number of primary amides is 1. The normalized spacial score (nSPS) is 16.1. The van der Waals surface area contributed by atoms with Gasteiger partial charge in [0.25, 0.3) is 0 Å². The van der Waals surface area contributed by atoms with Crippen LogP contribution in [0, 0.1) is 5.92 Å². The minimum absolute atomic E-state index is 0.0300. The predicted molar refractivity (Wildman–Crippen MR) is 126 cm³/mol. The molecule has 1 aliphatic heterocycles. The highest BCUT2D eigenvalue weighted by Gasteiger charge is 2.24. The average molecular weight is 423 g/mol. The molecule has 3 rings (SSSR count). The molecule has 1 saturated heterocycles. The molecule has 1 amide bonds. The Morgan fingerprint density at radius 1 is 1.19 bits per heavy atom. The Bertz CT molecular complexity index is 861. The molecule has 7 heteroatoms. The average Bonchev–Trinajstić information content (AvgIpc) is 2.81. The second-order valence-electron chi connectivity index (χ2n) is 8.04. The molecule has 0 bridgehead atoms. The van der Waals surface area contributed by atoms with Gasteiger partial charge in [0.05, 0.1) is 6.54 Å². The van der Waals surface area contributed by atoms with Gasteiger partial charge in [-0.15, -0.1) is 0 Å². The summed E-state index contributed by atoms with van der Waals surface area (Å²) in [7, 11) is 0. The van der Waals surface area contributed by atoms with Crippen LogP contribution in [0.15, 0.2) is 53.7 Å². The summed E-state index contributed by atoms with van der Waals surface area (Å²) in [6.45, 7) is 7.98. The number of benzene rings is 1. The van der Waals surface area contributed by atoms with Crippen LogP contribution in [-0.2, 0) is 11.3 Å². The Balaban J connectivity index is 1.64. The van der Waals surface area contributed by atoms with Crippen molar-refractivity contribution in [1.82, 2.24) is 15.6 Å². The smallest absolute Gasteiger partial charge is 0.220 e. The minimum atomic E-state index is -0.198. The largest absolute Gasteiger partial charge is 0.369 e. The van der Waals surface area contributed by atoms with Gasteiger partial charge >= 0.3 is 0 Å².